The van der Waals surface area contributed by atoms with Crippen LogP contribution in [0.15, 0.2) is 34.6 Å². The highest BCUT2D eigenvalue weighted by atomic mass is 127. The summed E-state index contributed by atoms with van der Waals surface area (Å²) in [7, 11) is 4.86. The van der Waals surface area contributed by atoms with Crippen LogP contribution in [-0.4, -0.2) is 40.4 Å². The monoisotopic (exact) mass is 505 g/mol. The van der Waals surface area contributed by atoms with Gasteiger partial charge in [-0.25, -0.2) is 4.99 Å². The number of nitrogens with one attached hydrogen (secondary N) is 2. The van der Waals surface area contributed by atoms with E-state index >= 15 is 0 Å². The molecule has 1 heterocycles. The molecule has 6 nitrogen and oxygen atoms in total. The number of thiophene rings is 1. The molecule has 1 aromatic heterocycles. The normalized spacial score (nSPS) is 10.7. The molecule has 0 amide bonds. The summed E-state index contributed by atoms with van der Waals surface area (Å²) in [6.07, 6.45) is 0.974. The molecule has 0 aliphatic rings. The molecule has 2 N–H and O–H groups in total. The highest BCUT2D eigenvalue weighted by Gasteiger charge is 2.11. The minimum atomic E-state index is 0. The number of hydrogen-bond donors (Lipinski definition) is 2. The SMILES string of the molecule is CCNC(=NCc1cc(OC)c(OC)cc1OC)NCCc1cccs1.I. The number of rotatable bonds is 9. The van der Waals surface area contributed by atoms with Gasteiger partial charge in [0.25, 0.3) is 0 Å². The molecule has 1 aromatic carbocycles. The van der Waals surface area contributed by atoms with Crippen LogP contribution in [0, 0.1) is 0 Å². The summed E-state index contributed by atoms with van der Waals surface area (Å²) in [5, 5.41) is 8.73. The standard InChI is InChI=1S/C19H27N3O3S.HI/c1-5-20-19(21-9-8-15-7-6-10-26-15)22-13-14-11-17(24-3)18(25-4)12-16(14)23-2;/h6-7,10-12H,5,8-9,13H2,1-4H3,(H2,20,21,22);1H. The Balaban J connectivity index is 0.00000364. The van der Waals surface area contributed by atoms with Gasteiger partial charge in [0.15, 0.2) is 17.5 Å². The highest BCUT2D eigenvalue weighted by Crippen LogP contribution is 2.34. The molecule has 0 radical (unpaired) electrons. The van der Waals surface area contributed by atoms with E-state index in [-0.39, 0.29) is 24.0 Å². The van der Waals surface area contributed by atoms with E-state index in [0.29, 0.717) is 18.0 Å². The Bertz CT molecular complexity index is 708. The van der Waals surface area contributed by atoms with Crippen molar-refractivity contribution in [3.8, 4) is 17.2 Å². The third-order valence-electron chi connectivity index (χ3n) is 3.78. The Morgan fingerprint density at radius 1 is 1.04 bits per heavy atom. The fraction of sp³-hybridized carbons (Fsp3) is 0.421. The maximum atomic E-state index is 5.47. The average molecular weight is 505 g/mol. The Morgan fingerprint density at radius 3 is 2.33 bits per heavy atom. The molecule has 0 aliphatic carbocycles. The molecule has 0 atom stereocenters. The van der Waals surface area contributed by atoms with Crippen molar-refractivity contribution in [3.63, 3.8) is 0 Å². The Kier molecular flexibility index (Phi) is 11.0. The second-order valence-corrected chi connectivity index (χ2v) is 6.50. The van der Waals surface area contributed by atoms with Crippen LogP contribution in [0.4, 0.5) is 0 Å². The number of halogens is 1. The molecule has 0 aliphatic heterocycles. The van der Waals surface area contributed by atoms with Crippen LogP contribution < -0.4 is 24.8 Å². The third-order valence-corrected chi connectivity index (χ3v) is 4.72. The van der Waals surface area contributed by atoms with Crippen molar-refractivity contribution in [2.24, 2.45) is 4.99 Å². The number of methoxy groups -OCH3 is 3. The predicted octanol–water partition coefficient (Wildman–Crippen LogP) is 3.69. The molecule has 0 saturated carbocycles. The number of guanidine groups is 1. The maximum Gasteiger partial charge on any atom is 0.191 e. The van der Waals surface area contributed by atoms with Gasteiger partial charge in [-0.3, -0.25) is 0 Å². The van der Waals surface area contributed by atoms with Gasteiger partial charge in [0.1, 0.15) is 5.75 Å². The van der Waals surface area contributed by atoms with Crippen molar-refractivity contribution < 1.29 is 14.2 Å². The molecule has 0 bridgehead atoms. The van der Waals surface area contributed by atoms with Crippen LogP contribution in [-0.2, 0) is 13.0 Å². The molecule has 0 unspecified atom stereocenters. The average Bonchev–Trinajstić information content (AvgIpc) is 3.18. The molecule has 150 valence electrons. The summed E-state index contributed by atoms with van der Waals surface area (Å²) in [5.74, 6) is 2.80. The van der Waals surface area contributed by atoms with E-state index in [4.69, 9.17) is 14.2 Å². The zero-order chi connectivity index (χ0) is 18.8. The summed E-state index contributed by atoms with van der Waals surface area (Å²) in [6.45, 7) is 4.15. The number of benzene rings is 1. The first kappa shape index (κ1) is 23.4. The fourth-order valence-corrected chi connectivity index (χ4v) is 3.19. The summed E-state index contributed by atoms with van der Waals surface area (Å²) in [4.78, 5) is 6.02. The number of aliphatic imine (C=N–C) groups is 1. The lowest BCUT2D eigenvalue weighted by molar-refractivity contribution is 0.347. The van der Waals surface area contributed by atoms with Crippen LogP contribution >= 0.6 is 35.3 Å². The van der Waals surface area contributed by atoms with Gasteiger partial charge in [-0.1, -0.05) is 6.07 Å². The quantitative estimate of drug-likeness (QED) is 0.309. The molecule has 0 spiro atoms. The Labute approximate surface area is 182 Å². The highest BCUT2D eigenvalue weighted by molar-refractivity contribution is 14.0. The van der Waals surface area contributed by atoms with E-state index in [1.54, 1.807) is 32.7 Å². The van der Waals surface area contributed by atoms with E-state index in [9.17, 15) is 0 Å². The zero-order valence-corrected chi connectivity index (χ0v) is 19.4. The molecular weight excluding hydrogens is 477 g/mol. The topological polar surface area (TPSA) is 64.1 Å². The number of hydrogen-bond acceptors (Lipinski definition) is 5. The lowest BCUT2D eigenvalue weighted by Crippen LogP contribution is -2.38. The van der Waals surface area contributed by atoms with E-state index in [0.717, 1.165) is 36.8 Å². The first-order valence-electron chi connectivity index (χ1n) is 8.55. The number of ether oxygens (including phenoxy) is 3. The lowest BCUT2D eigenvalue weighted by atomic mass is 10.1. The smallest absolute Gasteiger partial charge is 0.191 e. The number of nitrogens with zero attached hydrogens (tertiary/aromatic N) is 1. The van der Waals surface area contributed by atoms with E-state index < -0.39 is 0 Å². The van der Waals surface area contributed by atoms with Crippen LogP contribution in [0.1, 0.15) is 17.4 Å². The summed E-state index contributed by atoms with van der Waals surface area (Å²) >= 11 is 1.77. The van der Waals surface area contributed by atoms with Gasteiger partial charge in [-0.2, -0.15) is 0 Å². The van der Waals surface area contributed by atoms with Crippen molar-refractivity contribution in [3.05, 3.63) is 40.1 Å². The summed E-state index contributed by atoms with van der Waals surface area (Å²) in [6, 6.07) is 7.94. The molecule has 8 heteroatoms. The Morgan fingerprint density at radius 2 is 1.74 bits per heavy atom. The van der Waals surface area contributed by atoms with E-state index in [1.165, 1.54) is 4.88 Å². The zero-order valence-electron chi connectivity index (χ0n) is 16.2. The van der Waals surface area contributed by atoms with Crippen molar-refractivity contribution in [1.82, 2.24) is 10.6 Å². The Hall–Kier alpha value is -1.68. The molecular formula is C19H28IN3O3S. The third kappa shape index (κ3) is 7.10. The first-order chi connectivity index (χ1) is 12.7. The second-order valence-electron chi connectivity index (χ2n) is 5.47. The van der Waals surface area contributed by atoms with Crippen molar-refractivity contribution in [1.29, 1.82) is 0 Å². The van der Waals surface area contributed by atoms with Gasteiger partial charge in [-0.15, -0.1) is 35.3 Å². The molecule has 2 rings (SSSR count). The summed E-state index contributed by atoms with van der Waals surface area (Å²) in [5.41, 5.74) is 0.931. The van der Waals surface area contributed by atoms with Crippen molar-refractivity contribution >= 4 is 41.3 Å². The fourth-order valence-electron chi connectivity index (χ4n) is 2.48. The van der Waals surface area contributed by atoms with Gasteiger partial charge >= 0.3 is 0 Å². The van der Waals surface area contributed by atoms with Gasteiger partial charge < -0.3 is 24.8 Å². The largest absolute Gasteiger partial charge is 0.496 e. The van der Waals surface area contributed by atoms with Gasteiger partial charge in [0, 0.05) is 29.6 Å². The second kappa shape index (κ2) is 12.7. The molecule has 0 fully saturated rings. The van der Waals surface area contributed by atoms with Crippen LogP contribution in [0.3, 0.4) is 0 Å². The lowest BCUT2D eigenvalue weighted by Gasteiger charge is -2.14. The van der Waals surface area contributed by atoms with Crippen molar-refractivity contribution in [2.75, 3.05) is 34.4 Å². The predicted molar refractivity (Wildman–Crippen MR) is 122 cm³/mol. The van der Waals surface area contributed by atoms with Crippen LogP contribution in [0.25, 0.3) is 0 Å². The molecule has 2 aromatic rings. The van der Waals surface area contributed by atoms with E-state index in [2.05, 4.69) is 33.1 Å². The van der Waals surface area contributed by atoms with Crippen LogP contribution in [0.2, 0.25) is 0 Å². The minimum absolute atomic E-state index is 0. The van der Waals surface area contributed by atoms with Crippen LogP contribution in [0.5, 0.6) is 17.2 Å². The summed E-state index contributed by atoms with van der Waals surface area (Å²) < 4.78 is 16.2. The van der Waals surface area contributed by atoms with Gasteiger partial charge in [-0.05, 0) is 30.9 Å². The minimum Gasteiger partial charge on any atom is -0.496 e. The van der Waals surface area contributed by atoms with Crippen molar-refractivity contribution in [2.45, 2.75) is 19.9 Å². The van der Waals surface area contributed by atoms with Gasteiger partial charge in [0.05, 0.1) is 27.9 Å². The van der Waals surface area contributed by atoms with E-state index in [1.807, 2.05) is 19.1 Å². The first-order valence-corrected chi connectivity index (χ1v) is 9.43. The molecule has 0 saturated heterocycles. The van der Waals surface area contributed by atoms with Gasteiger partial charge in [0.2, 0.25) is 0 Å². The molecule has 27 heavy (non-hydrogen) atoms. The maximum absolute atomic E-state index is 5.47.